The van der Waals surface area contributed by atoms with Gasteiger partial charge in [-0.3, -0.25) is 9.69 Å². The van der Waals surface area contributed by atoms with E-state index in [0.29, 0.717) is 23.2 Å². The van der Waals surface area contributed by atoms with Crippen molar-refractivity contribution in [2.24, 2.45) is 0 Å². The molecule has 29 heavy (non-hydrogen) atoms. The molecule has 1 aromatic heterocycles. The number of para-hydroxylation sites is 2. The van der Waals surface area contributed by atoms with Crippen LogP contribution in [0.4, 0.5) is 5.13 Å². The largest absolute Gasteiger partial charge is 0.494 e. The quantitative estimate of drug-likeness (QED) is 0.506. The van der Waals surface area contributed by atoms with Gasteiger partial charge in [0.1, 0.15) is 17.0 Å². The van der Waals surface area contributed by atoms with Crippen molar-refractivity contribution >= 4 is 45.0 Å². The molecule has 8 heteroatoms. The zero-order chi connectivity index (χ0) is 19.9. The van der Waals surface area contributed by atoms with Crippen LogP contribution in [0, 0.1) is 0 Å². The first-order valence-corrected chi connectivity index (χ1v) is 9.96. The Morgan fingerprint density at radius 3 is 2.52 bits per heavy atom. The van der Waals surface area contributed by atoms with E-state index in [2.05, 4.69) is 9.88 Å². The molecule has 0 unspecified atom stereocenters. The van der Waals surface area contributed by atoms with Crippen LogP contribution in [0.15, 0.2) is 48.5 Å². The number of nitrogens with zero attached hydrogens (tertiary/aromatic N) is 3. The summed E-state index contributed by atoms with van der Waals surface area (Å²) in [6, 6.07) is 15.2. The summed E-state index contributed by atoms with van der Waals surface area (Å²) in [7, 11) is 5.67. The van der Waals surface area contributed by atoms with E-state index in [-0.39, 0.29) is 24.9 Å². The number of ether oxygens (including phenoxy) is 2. The second kappa shape index (κ2) is 11.0. The molecular weight excluding hydrogens is 410 g/mol. The Hall–Kier alpha value is -2.35. The average Bonchev–Trinajstić information content (AvgIpc) is 3.14. The number of halogens is 1. The van der Waals surface area contributed by atoms with Crippen molar-refractivity contribution in [1.82, 2.24) is 9.88 Å². The van der Waals surface area contributed by atoms with Gasteiger partial charge in [-0.05, 0) is 51.3 Å². The molecule has 0 N–H and O–H groups in total. The molecule has 1 heterocycles. The normalized spacial score (nSPS) is 10.6. The number of hydrogen-bond donors (Lipinski definition) is 0. The van der Waals surface area contributed by atoms with Crippen molar-refractivity contribution in [2.75, 3.05) is 45.8 Å². The van der Waals surface area contributed by atoms with Crippen LogP contribution < -0.4 is 14.4 Å². The summed E-state index contributed by atoms with van der Waals surface area (Å²) in [5.41, 5.74) is 0.777. The van der Waals surface area contributed by atoms with Crippen LogP contribution in [-0.2, 0) is 4.79 Å². The first-order valence-electron chi connectivity index (χ1n) is 9.15. The third-order valence-corrected chi connectivity index (χ3v) is 5.26. The Kier molecular flexibility index (Phi) is 8.70. The van der Waals surface area contributed by atoms with E-state index in [1.807, 2.05) is 62.6 Å². The van der Waals surface area contributed by atoms with Gasteiger partial charge in [-0.25, -0.2) is 4.98 Å². The fourth-order valence-corrected chi connectivity index (χ4v) is 3.83. The lowest BCUT2D eigenvalue weighted by atomic mass is 10.3. The average molecular weight is 436 g/mol. The molecule has 0 fully saturated rings. The van der Waals surface area contributed by atoms with Crippen molar-refractivity contribution in [3.63, 3.8) is 0 Å². The molecule has 3 rings (SSSR count). The summed E-state index contributed by atoms with van der Waals surface area (Å²) >= 11 is 1.49. The minimum Gasteiger partial charge on any atom is -0.494 e. The fourth-order valence-electron chi connectivity index (χ4n) is 2.80. The van der Waals surface area contributed by atoms with Crippen LogP contribution in [0.2, 0.25) is 0 Å². The second-order valence-corrected chi connectivity index (χ2v) is 7.62. The minimum atomic E-state index is -0.111. The van der Waals surface area contributed by atoms with Gasteiger partial charge in [0.05, 0.1) is 11.8 Å². The van der Waals surface area contributed by atoms with Gasteiger partial charge in [0.2, 0.25) is 0 Å². The molecule has 0 aliphatic carbocycles. The van der Waals surface area contributed by atoms with E-state index in [1.54, 1.807) is 12.0 Å². The molecule has 0 saturated heterocycles. The number of carbonyl (C=O) groups is 1. The number of methoxy groups -OCH3 is 1. The summed E-state index contributed by atoms with van der Waals surface area (Å²) < 4.78 is 12.1. The van der Waals surface area contributed by atoms with Crippen molar-refractivity contribution < 1.29 is 14.3 Å². The lowest BCUT2D eigenvalue weighted by molar-refractivity contribution is -0.120. The van der Waals surface area contributed by atoms with E-state index < -0.39 is 0 Å². The summed E-state index contributed by atoms with van der Waals surface area (Å²) in [4.78, 5) is 21.5. The summed E-state index contributed by atoms with van der Waals surface area (Å²) in [6.07, 6.45) is 0.844. The molecule has 0 spiro atoms. The van der Waals surface area contributed by atoms with Crippen molar-refractivity contribution in [3.05, 3.63) is 48.5 Å². The van der Waals surface area contributed by atoms with Crippen LogP contribution in [0.3, 0.4) is 0 Å². The maximum absolute atomic E-state index is 12.9. The maximum atomic E-state index is 12.9. The highest BCUT2D eigenvalue weighted by atomic mass is 35.5. The van der Waals surface area contributed by atoms with Crippen molar-refractivity contribution in [1.29, 1.82) is 0 Å². The fraction of sp³-hybridized carbons (Fsp3) is 0.333. The maximum Gasteiger partial charge on any atom is 0.266 e. The Bertz CT molecular complexity index is 918. The van der Waals surface area contributed by atoms with Crippen molar-refractivity contribution in [2.45, 2.75) is 6.42 Å². The van der Waals surface area contributed by atoms with Gasteiger partial charge in [-0.15, -0.1) is 12.4 Å². The summed E-state index contributed by atoms with van der Waals surface area (Å²) in [6.45, 7) is 1.44. The van der Waals surface area contributed by atoms with Gasteiger partial charge in [-0.1, -0.05) is 35.6 Å². The van der Waals surface area contributed by atoms with Crippen LogP contribution in [0.25, 0.3) is 10.2 Å². The van der Waals surface area contributed by atoms with E-state index in [1.165, 1.54) is 11.3 Å². The number of benzene rings is 2. The topological polar surface area (TPSA) is 54.9 Å². The molecule has 2 aromatic carbocycles. The zero-order valence-corrected chi connectivity index (χ0v) is 18.5. The Morgan fingerprint density at radius 2 is 1.83 bits per heavy atom. The molecule has 0 saturated carbocycles. The number of thiazole rings is 1. The van der Waals surface area contributed by atoms with Gasteiger partial charge < -0.3 is 14.4 Å². The predicted molar refractivity (Wildman–Crippen MR) is 121 cm³/mol. The zero-order valence-electron chi connectivity index (χ0n) is 16.8. The first kappa shape index (κ1) is 22.9. The van der Waals surface area contributed by atoms with Gasteiger partial charge in [0, 0.05) is 6.54 Å². The van der Waals surface area contributed by atoms with E-state index in [9.17, 15) is 4.79 Å². The van der Waals surface area contributed by atoms with Crippen LogP contribution >= 0.6 is 23.7 Å². The molecule has 1 amide bonds. The molecule has 6 nitrogen and oxygen atoms in total. The van der Waals surface area contributed by atoms with Gasteiger partial charge in [0.25, 0.3) is 5.91 Å². The molecule has 0 aliphatic rings. The molecule has 3 aromatic rings. The SMILES string of the molecule is COc1cccc2sc(N(CCCN(C)C)C(=O)COc3ccccc3)nc12.Cl. The first-order chi connectivity index (χ1) is 13.6. The van der Waals surface area contributed by atoms with E-state index >= 15 is 0 Å². The minimum absolute atomic E-state index is 0. The van der Waals surface area contributed by atoms with Crippen LogP contribution in [0.5, 0.6) is 11.5 Å². The summed E-state index contributed by atoms with van der Waals surface area (Å²) in [5.74, 6) is 1.27. The lowest BCUT2D eigenvalue weighted by Gasteiger charge is -2.21. The number of hydrogen-bond acceptors (Lipinski definition) is 6. The molecule has 0 bridgehead atoms. The van der Waals surface area contributed by atoms with Crippen LogP contribution in [0.1, 0.15) is 6.42 Å². The Labute approximate surface area is 181 Å². The third kappa shape index (κ3) is 6.06. The standard InChI is InChI=1S/C21H25N3O3S.ClH/c1-23(2)13-8-14-24(19(25)15-27-16-9-5-4-6-10-16)21-22-20-17(26-3)11-7-12-18(20)28-21;/h4-7,9-12H,8,13-15H2,1-3H3;1H. The number of amides is 1. The van der Waals surface area contributed by atoms with Gasteiger partial charge in [-0.2, -0.15) is 0 Å². The van der Waals surface area contributed by atoms with Gasteiger partial charge in [0.15, 0.2) is 11.7 Å². The highest BCUT2D eigenvalue weighted by molar-refractivity contribution is 7.22. The smallest absolute Gasteiger partial charge is 0.266 e. The van der Waals surface area contributed by atoms with Crippen molar-refractivity contribution in [3.8, 4) is 11.5 Å². The van der Waals surface area contributed by atoms with Crippen LogP contribution in [-0.4, -0.2) is 56.7 Å². The lowest BCUT2D eigenvalue weighted by Crippen LogP contribution is -2.36. The number of carbonyl (C=O) groups excluding carboxylic acids is 1. The Balaban J connectivity index is 0.00000300. The summed E-state index contributed by atoms with van der Waals surface area (Å²) in [5, 5.41) is 0.667. The highest BCUT2D eigenvalue weighted by Crippen LogP contribution is 2.34. The number of rotatable bonds is 9. The number of fused-ring (bicyclic) bond motifs is 1. The highest BCUT2D eigenvalue weighted by Gasteiger charge is 2.21. The number of aromatic nitrogens is 1. The number of anilines is 1. The molecule has 156 valence electrons. The van der Waals surface area contributed by atoms with E-state index in [0.717, 1.165) is 23.2 Å². The second-order valence-electron chi connectivity index (χ2n) is 6.61. The third-order valence-electron chi connectivity index (χ3n) is 4.22. The molecule has 0 atom stereocenters. The molecule has 0 radical (unpaired) electrons. The van der Waals surface area contributed by atoms with Gasteiger partial charge >= 0.3 is 0 Å². The Morgan fingerprint density at radius 1 is 1.07 bits per heavy atom. The monoisotopic (exact) mass is 435 g/mol. The molecule has 0 aliphatic heterocycles. The molecular formula is C21H26ClN3O3S. The van der Waals surface area contributed by atoms with E-state index in [4.69, 9.17) is 9.47 Å². The predicted octanol–water partition coefficient (Wildman–Crippen LogP) is 4.09.